The smallest absolute Gasteiger partial charge is 0.336 e. The number of fused-ring (bicyclic) bond motifs is 1. The van der Waals surface area contributed by atoms with Crippen molar-refractivity contribution < 1.29 is 9.53 Å². The summed E-state index contributed by atoms with van der Waals surface area (Å²) in [6.45, 7) is 4.54. The van der Waals surface area contributed by atoms with E-state index in [2.05, 4.69) is 5.32 Å². The summed E-state index contributed by atoms with van der Waals surface area (Å²) in [6, 6.07) is 13.5. The number of ether oxygens (including phenoxy) is 1. The highest BCUT2D eigenvalue weighted by molar-refractivity contribution is 5.84. The Morgan fingerprint density at radius 2 is 1.77 bits per heavy atom. The van der Waals surface area contributed by atoms with E-state index in [1.165, 1.54) is 9.13 Å². The number of para-hydroxylation sites is 2. The van der Waals surface area contributed by atoms with Crippen molar-refractivity contribution in [2.24, 2.45) is 0 Å². The van der Waals surface area contributed by atoms with Crippen LogP contribution in [0.1, 0.15) is 31.9 Å². The molecule has 0 aliphatic heterocycles. The summed E-state index contributed by atoms with van der Waals surface area (Å²) in [5, 5.41) is 3.20. The third-order valence-corrected chi connectivity index (χ3v) is 5.21. The van der Waals surface area contributed by atoms with Gasteiger partial charge in [-0.1, -0.05) is 44.2 Å². The number of nitrogens with one attached hydrogen (secondary N) is 1. The Kier molecular flexibility index (Phi) is 6.84. The zero-order chi connectivity index (χ0) is 21.7. The van der Waals surface area contributed by atoms with E-state index in [9.17, 15) is 14.4 Å². The van der Waals surface area contributed by atoms with Crippen LogP contribution in [0, 0.1) is 0 Å². The van der Waals surface area contributed by atoms with Gasteiger partial charge in [-0.3, -0.25) is 14.2 Å². The van der Waals surface area contributed by atoms with Gasteiger partial charge in [0.1, 0.15) is 6.04 Å². The Hall–Kier alpha value is -3.19. The van der Waals surface area contributed by atoms with E-state index in [0.717, 1.165) is 5.56 Å². The fourth-order valence-electron chi connectivity index (χ4n) is 3.70. The molecule has 3 rings (SSSR count). The number of aromatic nitrogens is 2. The van der Waals surface area contributed by atoms with Crippen LogP contribution < -0.4 is 16.6 Å². The van der Waals surface area contributed by atoms with Crippen molar-refractivity contribution in [2.45, 2.75) is 32.7 Å². The highest BCUT2D eigenvalue weighted by Gasteiger charge is 2.25. The highest BCUT2D eigenvalue weighted by Crippen LogP contribution is 2.19. The number of methoxy groups -OCH3 is 1. The van der Waals surface area contributed by atoms with Crippen molar-refractivity contribution >= 4 is 16.8 Å². The fourth-order valence-corrected chi connectivity index (χ4v) is 3.70. The lowest BCUT2D eigenvalue weighted by atomic mass is 10.1. The first-order chi connectivity index (χ1) is 14.5. The lowest BCUT2D eigenvalue weighted by Crippen LogP contribution is -2.45. The Bertz CT molecular complexity index is 1160. The van der Waals surface area contributed by atoms with Gasteiger partial charge < -0.3 is 10.1 Å². The Labute approximate surface area is 174 Å². The molecular weight excluding hydrogens is 382 g/mol. The topological polar surface area (TPSA) is 82.3 Å². The van der Waals surface area contributed by atoms with E-state index in [0.29, 0.717) is 42.6 Å². The molecule has 0 saturated heterocycles. The van der Waals surface area contributed by atoms with Crippen LogP contribution in [0.5, 0.6) is 0 Å². The average Bonchev–Trinajstić information content (AvgIpc) is 2.77. The lowest BCUT2D eigenvalue weighted by Gasteiger charge is -2.22. The van der Waals surface area contributed by atoms with Gasteiger partial charge in [-0.15, -0.1) is 0 Å². The first-order valence-corrected chi connectivity index (χ1v) is 10.2. The zero-order valence-corrected chi connectivity index (χ0v) is 17.6. The van der Waals surface area contributed by atoms with E-state index in [1.54, 1.807) is 43.5 Å². The summed E-state index contributed by atoms with van der Waals surface area (Å²) in [5.41, 5.74) is 0.975. The Morgan fingerprint density at radius 1 is 1.07 bits per heavy atom. The Balaban J connectivity index is 2.30. The van der Waals surface area contributed by atoms with Crippen LogP contribution in [0.25, 0.3) is 16.6 Å². The summed E-state index contributed by atoms with van der Waals surface area (Å²) in [6.07, 6.45) is 1.07. The number of nitrogens with zero attached hydrogens (tertiary/aromatic N) is 2. The maximum Gasteiger partial charge on any atom is 0.336 e. The van der Waals surface area contributed by atoms with Crippen LogP contribution >= 0.6 is 0 Å². The standard InChI is InChI=1S/C23H27N3O4/c1-4-16-10-6-8-12-19(16)26-22(28)17-11-7-9-13-20(17)25(23(26)29)18(5-2)21(27)24-14-15-30-3/h6-13,18H,4-5,14-15H2,1-3H3,(H,24,27)/t18-/m1/s1. The number of rotatable bonds is 8. The molecule has 0 unspecified atom stereocenters. The second kappa shape index (κ2) is 9.54. The molecule has 0 radical (unpaired) electrons. The molecule has 0 bridgehead atoms. The molecule has 1 amide bonds. The number of amides is 1. The van der Waals surface area contributed by atoms with Gasteiger partial charge in [0.05, 0.1) is 23.2 Å². The van der Waals surface area contributed by atoms with Crippen LogP contribution in [0.4, 0.5) is 0 Å². The van der Waals surface area contributed by atoms with Gasteiger partial charge in [-0.05, 0) is 36.6 Å². The number of carbonyl (C=O) groups excluding carboxylic acids is 1. The lowest BCUT2D eigenvalue weighted by molar-refractivity contribution is -0.124. The summed E-state index contributed by atoms with van der Waals surface area (Å²) in [7, 11) is 1.56. The minimum Gasteiger partial charge on any atom is -0.383 e. The molecule has 1 atom stereocenters. The molecule has 0 aliphatic carbocycles. The normalized spacial score (nSPS) is 12.1. The van der Waals surface area contributed by atoms with Crippen molar-refractivity contribution in [1.29, 1.82) is 0 Å². The van der Waals surface area contributed by atoms with Gasteiger partial charge in [0, 0.05) is 13.7 Å². The molecule has 0 aliphatic rings. The molecule has 30 heavy (non-hydrogen) atoms. The summed E-state index contributed by atoms with van der Waals surface area (Å²) in [4.78, 5) is 39.8. The molecule has 1 N–H and O–H groups in total. The van der Waals surface area contributed by atoms with Gasteiger partial charge in [-0.2, -0.15) is 0 Å². The number of hydrogen-bond donors (Lipinski definition) is 1. The third-order valence-electron chi connectivity index (χ3n) is 5.21. The van der Waals surface area contributed by atoms with Crippen molar-refractivity contribution in [1.82, 2.24) is 14.5 Å². The predicted octanol–water partition coefficient (Wildman–Crippen LogP) is 2.43. The monoisotopic (exact) mass is 409 g/mol. The van der Waals surface area contributed by atoms with Gasteiger partial charge in [-0.25, -0.2) is 9.36 Å². The summed E-state index contributed by atoms with van der Waals surface area (Å²) in [5.74, 6) is -0.282. The van der Waals surface area contributed by atoms with E-state index in [1.807, 2.05) is 26.0 Å². The van der Waals surface area contributed by atoms with Crippen LogP contribution in [-0.2, 0) is 16.0 Å². The maximum absolute atomic E-state index is 13.6. The second-order valence-electron chi connectivity index (χ2n) is 7.00. The molecule has 3 aromatic rings. The highest BCUT2D eigenvalue weighted by atomic mass is 16.5. The van der Waals surface area contributed by atoms with Crippen molar-refractivity contribution in [3.63, 3.8) is 0 Å². The first kappa shape index (κ1) is 21.5. The van der Waals surface area contributed by atoms with Crippen molar-refractivity contribution in [2.75, 3.05) is 20.3 Å². The van der Waals surface area contributed by atoms with E-state index in [-0.39, 0.29) is 11.5 Å². The number of carbonyl (C=O) groups is 1. The molecule has 1 heterocycles. The van der Waals surface area contributed by atoms with Crippen LogP contribution in [0.3, 0.4) is 0 Å². The maximum atomic E-state index is 13.6. The third kappa shape index (κ3) is 3.93. The molecule has 7 heteroatoms. The SMILES string of the molecule is CCc1ccccc1-n1c(=O)c2ccccc2n([C@H](CC)C(=O)NCCOC)c1=O. The molecule has 158 valence electrons. The van der Waals surface area contributed by atoms with Crippen molar-refractivity contribution in [3.8, 4) is 5.69 Å². The predicted molar refractivity (Wildman–Crippen MR) is 117 cm³/mol. The molecule has 1 aromatic heterocycles. The molecular formula is C23H27N3O4. The summed E-state index contributed by atoms with van der Waals surface area (Å²) < 4.78 is 7.62. The fraction of sp³-hybridized carbons (Fsp3) is 0.348. The minimum atomic E-state index is -0.750. The zero-order valence-electron chi connectivity index (χ0n) is 17.6. The van der Waals surface area contributed by atoms with E-state index >= 15 is 0 Å². The van der Waals surface area contributed by atoms with Crippen LogP contribution in [-0.4, -0.2) is 35.3 Å². The van der Waals surface area contributed by atoms with Gasteiger partial charge in [0.25, 0.3) is 5.56 Å². The second-order valence-corrected chi connectivity index (χ2v) is 7.00. The molecule has 0 spiro atoms. The van der Waals surface area contributed by atoms with E-state index < -0.39 is 11.7 Å². The average molecular weight is 409 g/mol. The number of aryl methyl sites for hydroxylation is 1. The minimum absolute atomic E-state index is 0.282. The summed E-state index contributed by atoms with van der Waals surface area (Å²) >= 11 is 0. The first-order valence-electron chi connectivity index (χ1n) is 10.2. The van der Waals surface area contributed by atoms with Crippen LogP contribution in [0.15, 0.2) is 58.1 Å². The Morgan fingerprint density at radius 3 is 2.47 bits per heavy atom. The molecule has 0 saturated carbocycles. The quantitative estimate of drug-likeness (QED) is 0.580. The van der Waals surface area contributed by atoms with Crippen LogP contribution in [0.2, 0.25) is 0 Å². The van der Waals surface area contributed by atoms with Crippen molar-refractivity contribution in [3.05, 3.63) is 74.9 Å². The number of benzene rings is 2. The molecule has 7 nitrogen and oxygen atoms in total. The number of hydrogen-bond acceptors (Lipinski definition) is 4. The van der Waals surface area contributed by atoms with Gasteiger partial charge in [0.15, 0.2) is 0 Å². The van der Waals surface area contributed by atoms with E-state index in [4.69, 9.17) is 4.74 Å². The van der Waals surface area contributed by atoms with Gasteiger partial charge in [0.2, 0.25) is 5.91 Å². The molecule has 2 aromatic carbocycles. The molecule has 0 fully saturated rings. The largest absolute Gasteiger partial charge is 0.383 e. The van der Waals surface area contributed by atoms with Gasteiger partial charge >= 0.3 is 5.69 Å².